The third-order valence-corrected chi connectivity index (χ3v) is 4.01. The van der Waals surface area contributed by atoms with E-state index in [1.165, 1.54) is 11.1 Å². The Kier molecular flexibility index (Phi) is 5.85. The molecule has 0 bridgehead atoms. The molecule has 0 saturated carbocycles. The monoisotopic (exact) mass is 317 g/mol. The molecular weight excluding hydrogens is 282 g/mol. The third kappa shape index (κ3) is 6.47. The molecule has 0 saturated heterocycles. The Balaban J connectivity index is 3.07. The van der Waals surface area contributed by atoms with E-state index in [9.17, 15) is 4.79 Å². The molecule has 1 rings (SSSR count). The number of Topliss-reactive ketones (excluding diaryl/α,β-unsaturated/α-hetero) is 1. The molecule has 130 valence electrons. The quantitative estimate of drug-likeness (QED) is 0.803. The normalized spacial score (nSPS) is 14.7. The van der Waals surface area contributed by atoms with Gasteiger partial charge in [0.1, 0.15) is 5.78 Å². The molecule has 0 amide bonds. The van der Waals surface area contributed by atoms with E-state index in [-0.39, 0.29) is 22.4 Å². The number of carbonyl (C=O) groups is 1. The number of hydrogen-bond acceptors (Lipinski definition) is 2. The summed E-state index contributed by atoms with van der Waals surface area (Å²) in [7, 11) is 0. The average molecular weight is 318 g/mol. The second kappa shape index (κ2) is 6.76. The molecule has 0 aliphatic carbocycles. The van der Waals surface area contributed by atoms with E-state index in [0.717, 1.165) is 0 Å². The molecule has 1 aromatic carbocycles. The Labute approximate surface area is 143 Å². The van der Waals surface area contributed by atoms with Crippen LogP contribution in [0.4, 0.5) is 0 Å². The highest BCUT2D eigenvalue weighted by Gasteiger charge is 2.28. The van der Waals surface area contributed by atoms with Crippen LogP contribution in [0.1, 0.15) is 85.9 Å². The van der Waals surface area contributed by atoms with Crippen molar-refractivity contribution < 1.29 is 4.79 Å². The molecule has 23 heavy (non-hydrogen) atoms. The van der Waals surface area contributed by atoms with Crippen molar-refractivity contribution in [1.82, 2.24) is 5.32 Å². The van der Waals surface area contributed by atoms with Gasteiger partial charge in [-0.3, -0.25) is 4.79 Å². The van der Waals surface area contributed by atoms with Gasteiger partial charge in [0, 0.05) is 23.4 Å². The second-order valence-electron chi connectivity index (χ2n) is 9.70. The highest BCUT2D eigenvalue weighted by Crippen LogP contribution is 2.28. The molecule has 0 radical (unpaired) electrons. The van der Waals surface area contributed by atoms with E-state index in [4.69, 9.17) is 0 Å². The van der Waals surface area contributed by atoms with Crippen LogP contribution in [0, 0.1) is 5.41 Å². The fraction of sp³-hybridized carbons (Fsp3) is 0.667. The molecule has 1 aromatic rings. The second-order valence-corrected chi connectivity index (χ2v) is 9.70. The van der Waals surface area contributed by atoms with E-state index in [2.05, 4.69) is 71.1 Å². The van der Waals surface area contributed by atoms with Gasteiger partial charge in [0.2, 0.25) is 0 Å². The lowest BCUT2D eigenvalue weighted by Gasteiger charge is -2.31. The Bertz CT molecular complexity index is 521. The van der Waals surface area contributed by atoms with Gasteiger partial charge >= 0.3 is 0 Å². The smallest absolute Gasteiger partial charge is 0.140 e. The predicted octanol–water partition coefficient (Wildman–Crippen LogP) is 5.42. The van der Waals surface area contributed by atoms with E-state index in [1.54, 1.807) is 0 Å². The van der Waals surface area contributed by atoms with Crippen LogP contribution in [0.3, 0.4) is 0 Å². The fourth-order valence-electron chi connectivity index (χ4n) is 2.48. The highest BCUT2D eigenvalue weighted by molar-refractivity contribution is 5.84. The minimum atomic E-state index is -0.302. The minimum Gasteiger partial charge on any atom is -0.305 e. The number of rotatable bonds is 4. The summed E-state index contributed by atoms with van der Waals surface area (Å²) >= 11 is 0. The molecule has 0 aliphatic heterocycles. The molecular formula is C21H35NO. The van der Waals surface area contributed by atoms with Gasteiger partial charge in [0.25, 0.3) is 0 Å². The van der Waals surface area contributed by atoms with Crippen molar-refractivity contribution in [2.75, 3.05) is 0 Å². The summed E-state index contributed by atoms with van der Waals surface area (Å²) < 4.78 is 0. The number of nitrogens with one attached hydrogen (secondary N) is 1. The van der Waals surface area contributed by atoms with Crippen molar-refractivity contribution in [1.29, 1.82) is 0 Å². The van der Waals surface area contributed by atoms with Gasteiger partial charge in [-0.05, 0) is 37.3 Å². The third-order valence-electron chi connectivity index (χ3n) is 4.01. The Morgan fingerprint density at radius 2 is 1.39 bits per heavy atom. The van der Waals surface area contributed by atoms with Crippen molar-refractivity contribution in [2.24, 2.45) is 5.41 Å². The van der Waals surface area contributed by atoms with Crippen LogP contribution in [0.2, 0.25) is 0 Å². The Hall–Kier alpha value is -1.15. The SMILES string of the molecule is CC(C)(C)NC(CC(=O)C(C)(C)C)c1ccc(C(C)(C)C)cc1. The topological polar surface area (TPSA) is 29.1 Å². The molecule has 1 unspecified atom stereocenters. The van der Waals surface area contributed by atoms with Crippen LogP contribution in [-0.2, 0) is 10.2 Å². The van der Waals surface area contributed by atoms with Crippen molar-refractivity contribution in [3.63, 3.8) is 0 Å². The largest absolute Gasteiger partial charge is 0.305 e. The Morgan fingerprint density at radius 1 is 0.913 bits per heavy atom. The maximum Gasteiger partial charge on any atom is 0.140 e. The van der Waals surface area contributed by atoms with Crippen LogP contribution in [0.15, 0.2) is 24.3 Å². The van der Waals surface area contributed by atoms with Crippen LogP contribution in [-0.4, -0.2) is 11.3 Å². The highest BCUT2D eigenvalue weighted by atomic mass is 16.1. The maximum atomic E-state index is 12.5. The standard InChI is InChI=1S/C21H35NO/c1-19(2,3)16-12-10-15(11-13-16)17(22-21(7,8)9)14-18(23)20(4,5)6/h10-13,17,22H,14H2,1-9H3. The van der Waals surface area contributed by atoms with Crippen LogP contribution < -0.4 is 5.32 Å². The summed E-state index contributed by atoms with van der Waals surface area (Å²) in [4.78, 5) is 12.5. The van der Waals surface area contributed by atoms with Gasteiger partial charge in [0.15, 0.2) is 0 Å². The first-order valence-corrected chi connectivity index (χ1v) is 8.61. The molecule has 0 aromatic heterocycles. The molecule has 1 atom stereocenters. The van der Waals surface area contributed by atoms with Crippen LogP contribution in [0.5, 0.6) is 0 Å². The molecule has 2 nitrogen and oxygen atoms in total. The minimum absolute atomic E-state index is 0.0362. The average Bonchev–Trinajstić information content (AvgIpc) is 2.34. The van der Waals surface area contributed by atoms with Gasteiger partial charge in [-0.2, -0.15) is 0 Å². The summed E-state index contributed by atoms with van der Waals surface area (Å²) in [5, 5.41) is 3.61. The molecule has 0 spiro atoms. The first-order chi connectivity index (χ1) is 10.2. The zero-order chi connectivity index (χ0) is 18.1. The van der Waals surface area contributed by atoms with Crippen LogP contribution in [0.25, 0.3) is 0 Å². The van der Waals surface area contributed by atoms with Gasteiger partial charge in [-0.25, -0.2) is 0 Å². The zero-order valence-corrected chi connectivity index (χ0v) is 16.5. The fourth-order valence-corrected chi connectivity index (χ4v) is 2.48. The van der Waals surface area contributed by atoms with Crippen molar-refractivity contribution in [3.05, 3.63) is 35.4 Å². The predicted molar refractivity (Wildman–Crippen MR) is 99.9 cm³/mol. The van der Waals surface area contributed by atoms with Gasteiger partial charge in [-0.1, -0.05) is 65.8 Å². The van der Waals surface area contributed by atoms with Crippen molar-refractivity contribution >= 4 is 5.78 Å². The Morgan fingerprint density at radius 3 is 1.74 bits per heavy atom. The molecule has 0 aliphatic rings. The summed E-state index contributed by atoms with van der Waals surface area (Å²) in [6.45, 7) is 19.1. The molecule has 1 N–H and O–H groups in total. The van der Waals surface area contributed by atoms with E-state index in [1.807, 2.05) is 20.8 Å². The summed E-state index contributed by atoms with van der Waals surface area (Å²) in [5.41, 5.74) is 2.31. The zero-order valence-electron chi connectivity index (χ0n) is 16.5. The van der Waals surface area contributed by atoms with E-state index < -0.39 is 0 Å². The lowest BCUT2D eigenvalue weighted by molar-refractivity contribution is -0.126. The van der Waals surface area contributed by atoms with Crippen molar-refractivity contribution in [3.8, 4) is 0 Å². The number of hydrogen-bond donors (Lipinski definition) is 1. The number of benzene rings is 1. The first kappa shape index (κ1) is 19.9. The lowest BCUT2D eigenvalue weighted by Crippen LogP contribution is -2.40. The van der Waals surface area contributed by atoms with Gasteiger partial charge in [0.05, 0.1) is 0 Å². The lowest BCUT2D eigenvalue weighted by atomic mass is 9.83. The van der Waals surface area contributed by atoms with E-state index in [0.29, 0.717) is 12.2 Å². The summed E-state index contributed by atoms with van der Waals surface area (Å²) in [6, 6.07) is 8.76. The van der Waals surface area contributed by atoms with Crippen molar-refractivity contribution in [2.45, 2.75) is 85.7 Å². The van der Waals surface area contributed by atoms with E-state index >= 15 is 0 Å². The first-order valence-electron chi connectivity index (χ1n) is 8.61. The molecule has 2 heteroatoms. The summed E-state index contributed by atoms with van der Waals surface area (Å²) in [5.74, 6) is 0.291. The maximum absolute atomic E-state index is 12.5. The van der Waals surface area contributed by atoms with Gasteiger partial charge in [-0.15, -0.1) is 0 Å². The number of carbonyl (C=O) groups excluding carboxylic acids is 1. The molecule has 0 heterocycles. The number of ketones is 1. The van der Waals surface area contributed by atoms with Crippen LogP contribution >= 0.6 is 0 Å². The molecule has 0 fully saturated rings. The van der Waals surface area contributed by atoms with Gasteiger partial charge < -0.3 is 5.32 Å². The summed E-state index contributed by atoms with van der Waals surface area (Å²) in [6.07, 6.45) is 0.523.